The molecule has 102 valence electrons. The molecule has 5 nitrogen and oxygen atoms in total. The SMILES string of the molecule is CCOc1cccc(-c2ncc(-c3nnc(N)s3)s2)c1. The lowest BCUT2D eigenvalue weighted by molar-refractivity contribution is 0.340. The Bertz CT molecular complexity index is 722. The number of nitrogens with zero attached hydrogens (tertiary/aromatic N) is 3. The van der Waals surface area contributed by atoms with Crippen molar-refractivity contribution in [2.24, 2.45) is 0 Å². The molecule has 3 rings (SSSR count). The molecule has 0 aliphatic rings. The van der Waals surface area contributed by atoms with Crippen molar-refractivity contribution < 1.29 is 4.74 Å². The van der Waals surface area contributed by atoms with E-state index >= 15 is 0 Å². The Morgan fingerprint density at radius 2 is 2.10 bits per heavy atom. The molecule has 0 unspecified atom stereocenters. The number of hydrogen-bond acceptors (Lipinski definition) is 7. The van der Waals surface area contributed by atoms with E-state index in [4.69, 9.17) is 10.5 Å². The summed E-state index contributed by atoms with van der Waals surface area (Å²) >= 11 is 2.93. The van der Waals surface area contributed by atoms with Crippen molar-refractivity contribution >= 4 is 27.8 Å². The topological polar surface area (TPSA) is 73.9 Å². The van der Waals surface area contributed by atoms with Crippen LogP contribution >= 0.6 is 22.7 Å². The van der Waals surface area contributed by atoms with Crippen molar-refractivity contribution in [3.05, 3.63) is 30.5 Å². The van der Waals surface area contributed by atoms with Gasteiger partial charge >= 0.3 is 0 Å². The van der Waals surface area contributed by atoms with Gasteiger partial charge in [0.15, 0.2) is 5.01 Å². The maximum absolute atomic E-state index is 5.60. The highest BCUT2D eigenvalue weighted by Crippen LogP contribution is 2.34. The van der Waals surface area contributed by atoms with Gasteiger partial charge in [0.2, 0.25) is 5.13 Å². The molecule has 3 aromatic rings. The number of benzene rings is 1. The second-order valence-electron chi connectivity index (χ2n) is 3.94. The van der Waals surface area contributed by atoms with E-state index in [0.29, 0.717) is 11.7 Å². The van der Waals surface area contributed by atoms with Gasteiger partial charge in [0.05, 0.1) is 11.5 Å². The third kappa shape index (κ3) is 2.63. The van der Waals surface area contributed by atoms with Crippen LogP contribution in [0.4, 0.5) is 5.13 Å². The number of hydrogen-bond donors (Lipinski definition) is 1. The minimum Gasteiger partial charge on any atom is -0.494 e. The van der Waals surface area contributed by atoms with Gasteiger partial charge in [-0.25, -0.2) is 4.98 Å². The summed E-state index contributed by atoms with van der Waals surface area (Å²) < 4.78 is 5.50. The molecule has 0 saturated carbocycles. The van der Waals surface area contributed by atoms with Crippen LogP contribution in [-0.4, -0.2) is 21.8 Å². The largest absolute Gasteiger partial charge is 0.494 e. The number of ether oxygens (including phenoxy) is 1. The van der Waals surface area contributed by atoms with Crippen LogP contribution in [0.3, 0.4) is 0 Å². The van der Waals surface area contributed by atoms with Gasteiger partial charge in [0.25, 0.3) is 0 Å². The van der Waals surface area contributed by atoms with E-state index in [1.165, 1.54) is 11.3 Å². The lowest BCUT2D eigenvalue weighted by Gasteiger charge is -2.03. The fourth-order valence-corrected chi connectivity index (χ4v) is 3.28. The molecule has 0 atom stereocenters. The van der Waals surface area contributed by atoms with Gasteiger partial charge in [-0.3, -0.25) is 0 Å². The summed E-state index contributed by atoms with van der Waals surface area (Å²) in [6.45, 7) is 2.62. The number of anilines is 1. The Balaban J connectivity index is 1.91. The van der Waals surface area contributed by atoms with Crippen LogP contribution in [0.1, 0.15) is 6.92 Å². The first-order valence-corrected chi connectivity index (χ1v) is 7.68. The summed E-state index contributed by atoms with van der Waals surface area (Å²) in [6, 6.07) is 7.90. The van der Waals surface area contributed by atoms with Crippen molar-refractivity contribution in [1.82, 2.24) is 15.2 Å². The summed E-state index contributed by atoms with van der Waals surface area (Å²) in [5.41, 5.74) is 6.63. The Morgan fingerprint density at radius 1 is 1.20 bits per heavy atom. The number of thiazole rings is 1. The number of nitrogen functional groups attached to an aromatic ring is 1. The highest BCUT2D eigenvalue weighted by Gasteiger charge is 2.11. The van der Waals surface area contributed by atoms with Crippen molar-refractivity contribution in [3.63, 3.8) is 0 Å². The first-order valence-electron chi connectivity index (χ1n) is 6.04. The summed E-state index contributed by atoms with van der Waals surface area (Å²) in [4.78, 5) is 5.40. The fraction of sp³-hybridized carbons (Fsp3) is 0.154. The lowest BCUT2D eigenvalue weighted by atomic mass is 10.2. The third-order valence-corrected chi connectivity index (χ3v) is 4.52. The van der Waals surface area contributed by atoms with Gasteiger partial charge in [-0.15, -0.1) is 21.5 Å². The molecule has 7 heteroatoms. The summed E-state index contributed by atoms with van der Waals surface area (Å²) in [6.07, 6.45) is 1.80. The smallest absolute Gasteiger partial charge is 0.203 e. The fourth-order valence-electron chi connectivity index (χ4n) is 1.73. The molecule has 2 aromatic heterocycles. The minimum absolute atomic E-state index is 0.466. The molecule has 0 radical (unpaired) electrons. The first kappa shape index (κ1) is 13.0. The second-order valence-corrected chi connectivity index (χ2v) is 5.98. The molecule has 0 spiro atoms. The molecular weight excluding hydrogens is 292 g/mol. The van der Waals surface area contributed by atoms with Gasteiger partial charge in [-0.2, -0.15) is 0 Å². The minimum atomic E-state index is 0.466. The summed E-state index contributed by atoms with van der Waals surface area (Å²) in [5, 5.41) is 10.0. The van der Waals surface area contributed by atoms with Crippen LogP contribution in [0.25, 0.3) is 20.5 Å². The highest BCUT2D eigenvalue weighted by molar-refractivity contribution is 7.24. The number of rotatable bonds is 4. The van der Waals surface area contributed by atoms with E-state index in [2.05, 4.69) is 15.2 Å². The maximum atomic E-state index is 5.60. The Kier molecular flexibility index (Phi) is 3.62. The first-order chi connectivity index (χ1) is 9.76. The lowest BCUT2D eigenvalue weighted by Crippen LogP contribution is -1.90. The van der Waals surface area contributed by atoms with E-state index in [9.17, 15) is 0 Å². The maximum Gasteiger partial charge on any atom is 0.203 e. The van der Waals surface area contributed by atoms with Crippen LogP contribution in [0.5, 0.6) is 5.75 Å². The van der Waals surface area contributed by atoms with Crippen LogP contribution in [0, 0.1) is 0 Å². The number of nitrogens with two attached hydrogens (primary N) is 1. The van der Waals surface area contributed by atoms with Crippen LogP contribution < -0.4 is 10.5 Å². The van der Waals surface area contributed by atoms with Crippen molar-refractivity contribution in [2.45, 2.75) is 6.92 Å². The van der Waals surface area contributed by atoms with Gasteiger partial charge in [0.1, 0.15) is 10.8 Å². The summed E-state index contributed by atoms with van der Waals surface area (Å²) in [7, 11) is 0. The van der Waals surface area contributed by atoms with Crippen molar-refractivity contribution in [2.75, 3.05) is 12.3 Å². The van der Waals surface area contributed by atoms with Gasteiger partial charge < -0.3 is 10.5 Å². The molecule has 0 fully saturated rings. The zero-order valence-electron chi connectivity index (χ0n) is 10.7. The zero-order valence-corrected chi connectivity index (χ0v) is 12.4. The zero-order chi connectivity index (χ0) is 13.9. The molecule has 2 heterocycles. The van der Waals surface area contributed by atoms with Gasteiger partial charge in [-0.1, -0.05) is 23.5 Å². The Labute approximate surface area is 124 Å². The quantitative estimate of drug-likeness (QED) is 0.800. The molecule has 20 heavy (non-hydrogen) atoms. The molecule has 2 N–H and O–H groups in total. The van der Waals surface area contributed by atoms with Crippen molar-refractivity contribution in [1.29, 1.82) is 0 Å². The monoisotopic (exact) mass is 304 g/mol. The van der Waals surface area contributed by atoms with Crippen molar-refractivity contribution in [3.8, 4) is 26.2 Å². The normalized spacial score (nSPS) is 10.7. The number of aromatic nitrogens is 3. The van der Waals surface area contributed by atoms with E-state index in [-0.39, 0.29) is 0 Å². The summed E-state index contributed by atoms with van der Waals surface area (Å²) in [5.74, 6) is 0.849. The van der Waals surface area contributed by atoms with Crippen LogP contribution in [0.15, 0.2) is 30.5 Å². The average molecular weight is 304 g/mol. The van der Waals surface area contributed by atoms with E-state index in [1.807, 2.05) is 31.2 Å². The van der Waals surface area contributed by atoms with Crippen LogP contribution in [0.2, 0.25) is 0 Å². The molecule has 0 aliphatic carbocycles. The molecule has 0 amide bonds. The standard InChI is InChI=1S/C13H12N4OS2/c1-2-18-9-5-3-4-8(6-9)11-15-7-10(19-11)12-16-17-13(14)20-12/h3-7H,2H2,1H3,(H2,14,17). The Morgan fingerprint density at radius 3 is 2.85 bits per heavy atom. The molecular formula is C13H12N4OS2. The average Bonchev–Trinajstić information content (AvgIpc) is 3.08. The molecule has 0 bridgehead atoms. The predicted octanol–water partition coefficient (Wildman–Crippen LogP) is 3.31. The van der Waals surface area contributed by atoms with E-state index in [0.717, 1.165) is 26.2 Å². The van der Waals surface area contributed by atoms with E-state index < -0.39 is 0 Å². The van der Waals surface area contributed by atoms with Crippen LogP contribution in [-0.2, 0) is 0 Å². The second kappa shape index (κ2) is 5.56. The van der Waals surface area contributed by atoms with Gasteiger partial charge in [0, 0.05) is 11.8 Å². The third-order valence-electron chi connectivity index (χ3n) is 2.55. The van der Waals surface area contributed by atoms with E-state index in [1.54, 1.807) is 17.5 Å². The highest BCUT2D eigenvalue weighted by atomic mass is 32.1. The molecule has 1 aromatic carbocycles. The predicted molar refractivity (Wildman–Crippen MR) is 82.0 cm³/mol. The Hall–Kier alpha value is -1.99. The molecule has 0 saturated heterocycles. The molecule has 0 aliphatic heterocycles. The van der Waals surface area contributed by atoms with Gasteiger partial charge in [-0.05, 0) is 19.1 Å².